The van der Waals surface area contributed by atoms with Gasteiger partial charge in [-0.25, -0.2) is 18.0 Å². The standard InChI is InChI=1S/C12H14N2O6S/c1-2-7-3-4-8(5-9(7)11(16)17)21(19,20)6-10(15)14-12(13)18/h3-5H,2,6H2,1H3,(H,16,17)(H3,13,14,15,18). The van der Waals surface area contributed by atoms with Crippen LogP contribution in [0.4, 0.5) is 4.79 Å². The van der Waals surface area contributed by atoms with Crippen molar-refractivity contribution in [3.05, 3.63) is 29.3 Å². The lowest BCUT2D eigenvalue weighted by Crippen LogP contribution is -2.38. The number of imide groups is 1. The lowest BCUT2D eigenvalue weighted by atomic mass is 10.1. The molecule has 0 aliphatic rings. The number of carbonyl (C=O) groups is 3. The minimum atomic E-state index is -4.07. The van der Waals surface area contributed by atoms with Crippen LogP contribution in [0.25, 0.3) is 0 Å². The molecular weight excluding hydrogens is 300 g/mol. The zero-order valence-corrected chi connectivity index (χ0v) is 11.9. The third-order valence-corrected chi connectivity index (χ3v) is 4.25. The van der Waals surface area contributed by atoms with Gasteiger partial charge in [-0.15, -0.1) is 0 Å². The fourth-order valence-corrected chi connectivity index (χ4v) is 2.84. The van der Waals surface area contributed by atoms with Crippen molar-refractivity contribution < 1.29 is 27.9 Å². The predicted molar refractivity (Wildman–Crippen MR) is 72.6 cm³/mol. The number of aryl methyl sites for hydroxylation is 1. The average molecular weight is 314 g/mol. The van der Waals surface area contributed by atoms with Gasteiger partial charge in [0.1, 0.15) is 5.75 Å². The Bertz CT molecular complexity index is 696. The van der Waals surface area contributed by atoms with E-state index in [4.69, 9.17) is 10.8 Å². The van der Waals surface area contributed by atoms with Crippen LogP contribution in [0.5, 0.6) is 0 Å². The van der Waals surface area contributed by atoms with E-state index in [1.165, 1.54) is 12.1 Å². The number of primary amides is 1. The fourth-order valence-electron chi connectivity index (χ4n) is 1.69. The van der Waals surface area contributed by atoms with E-state index in [0.717, 1.165) is 6.07 Å². The summed E-state index contributed by atoms with van der Waals surface area (Å²) in [6.07, 6.45) is 0.421. The first-order chi connectivity index (χ1) is 9.67. The van der Waals surface area contributed by atoms with Crippen LogP contribution in [0.3, 0.4) is 0 Å². The molecule has 0 spiro atoms. The maximum absolute atomic E-state index is 12.0. The Labute approximate surface area is 120 Å². The SMILES string of the molecule is CCc1ccc(S(=O)(=O)CC(=O)NC(N)=O)cc1C(=O)O. The van der Waals surface area contributed by atoms with Crippen LogP contribution in [0.15, 0.2) is 23.1 Å². The van der Waals surface area contributed by atoms with Crippen LogP contribution in [-0.2, 0) is 21.1 Å². The molecular formula is C12H14N2O6S. The van der Waals surface area contributed by atoms with Gasteiger partial charge in [-0.3, -0.25) is 10.1 Å². The lowest BCUT2D eigenvalue weighted by molar-refractivity contribution is -0.117. The van der Waals surface area contributed by atoms with Gasteiger partial charge in [-0.2, -0.15) is 0 Å². The maximum Gasteiger partial charge on any atom is 0.336 e. The normalized spacial score (nSPS) is 10.9. The highest BCUT2D eigenvalue weighted by atomic mass is 32.2. The third-order valence-electron chi connectivity index (χ3n) is 2.64. The number of nitrogens with one attached hydrogen (secondary N) is 1. The molecule has 1 rings (SSSR count). The first-order valence-electron chi connectivity index (χ1n) is 5.85. The molecule has 4 N–H and O–H groups in total. The number of hydrogen-bond acceptors (Lipinski definition) is 5. The summed E-state index contributed by atoms with van der Waals surface area (Å²) in [6, 6.07) is 2.43. The van der Waals surface area contributed by atoms with Gasteiger partial charge in [-0.05, 0) is 24.1 Å². The Balaban J connectivity index is 3.15. The summed E-state index contributed by atoms with van der Waals surface area (Å²) >= 11 is 0. The molecule has 0 aliphatic carbocycles. The number of hydrogen-bond donors (Lipinski definition) is 3. The molecule has 0 heterocycles. The van der Waals surface area contributed by atoms with Gasteiger partial charge >= 0.3 is 12.0 Å². The van der Waals surface area contributed by atoms with Gasteiger partial charge in [0.05, 0.1) is 10.5 Å². The van der Waals surface area contributed by atoms with Gasteiger partial charge in [0, 0.05) is 0 Å². The second-order valence-corrected chi connectivity index (χ2v) is 6.14. The maximum atomic E-state index is 12.0. The van der Waals surface area contributed by atoms with Crippen LogP contribution >= 0.6 is 0 Å². The minimum absolute atomic E-state index is 0.145. The Hall–Kier alpha value is -2.42. The third kappa shape index (κ3) is 4.28. The molecule has 0 bridgehead atoms. The first kappa shape index (κ1) is 16.6. The molecule has 0 fully saturated rings. The number of aromatic carboxylic acids is 1. The highest BCUT2D eigenvalue weighted by Crippen LogP contribution is 2.18. The highest BCUT2D eigenvalue weighted by molar-refractivity contribution is 7.92. The van der Waals surface area contributed by atoms with E-state index in [1.54, 1.807) is 12.2 Å². The summed E-state index contributed by atoms with van der Waals surface area (Å²) in [5, 5.41) is 10.7. The molecule has 1 aromatic rings. The largest absolute Gasteiger partial charge is 0.478 e. The zero-order valence-electron chi connectivity index (χ0n) is 11.1. The molecule has 1 aromatic carbocycles. The highest BCUT2D eigenvalue weighted by Gasteiger charge is 2.22. The Morgan fingerprint density at radius 3 is 2.38 bits per heavy atom. The van der Waals surface area contributed by atoms with E-state index < -0.39 is 33.5 Å². The van der Waals surface area contributed by atoms with Gasteiger partial charge in [0.2, 0.25) is 5.91 Å². The Kier molecular flexibility index (Phi) is 5.03. The number of urea groups is 1. The summed E-state index contributed by atoms with van der Waals surface area (Å²) in [6.45, 7) is 1.73. The second kappa shape index (κ2) is 6.35. The van der Waals surface area contributed by atoms with Gasteiger partial charge in [-0.1, -0.05) is 13.0 Å². The number of amides is 3. The van der Waals surface area contributed by atoms with E-state index >= 15 is 0 Å². The van der Waals surface area contributed by atoms with E-state index in [9.17, 15) is 22.8 Å². The van der Waals surface area contributed by atoms with E-state index in [-0.39, 0.29) is 10.5 Å². The van der Waals surface area contributed by atoms with Crippen molar-refractivity contribution in [1.29, 1.82) is 0 Å². The van der Waals surface area contributed by atoms with Crippen LogP contribution in [-0.4, -0.2) is 37.2 Å². The lowest BCUT2D eigenvalue weighted by Gasteiger charge is -2.08. The van der Waals surface area contributed by atoms with Crippen molar-refractivity contribution in [2.75, 3.05) is 5.75 Å². The average Bonchev–Trinajstić information content (AvgIpc) is 2.35. The number of sulfone groups is 1. The fraction of sp³-hybridized carbons (Fsp3) is 0.250. The molecule has 0 saturated heterocycles. The smallest absolute Gasteiger partial charge is 0.336 e. The molecule has 0 aromatic heterocycles. The van der Waals surface area contributed by atoms with Crippen molar-refractivity contribution in [3.63, 3.8) is 0 Å². The number of rotatable bonds is 5. The quantitative estimate of drug-likeness (QED) is 0.693. The Morgan fingerprint density at radius 2 is 1.90 bits per heavy atom. The van der Waals surface area contributed by atoms with Crippen molar-refractivity contribution in [2.24, 2.45) is 5.73 Å². The molecule has 0 atom stereocenters. The van der Waals surface area contributed by atoms with Crippen molar-refractivity contribution in [3.8, 4) is 0 Å². The van der Waals surface area contributed by atoms with Gasteiger partial charge in [0.25, 0.3) is 0 Å². The van der Waals surface area contributed by atoms with Crippen molar-refractivity contribution in [2.45, 2.75) is 18.2 Å². The molecule has 3 amide bonds. The topological polar surface area (TPSA) is 144 Å². The molecule has 21 heavy (non-hydrogen) atoms. The number of nitrogens with two attached hydrogens (primary N) is 1. The first-order valence-corrected chi connectivity index (χ1v) is 7.51. The molecule has 8 nitrogen and oxygen atoms in total. The summed E-state index contributed by atoms with van der Waals surface area (Å²) in [5.74, 6) is -3.34. The Morgan fingerprint density at radius 1 is 1.29 bits per heavy atom. The van der Waals surface area contributed by atoms with E-state index in [2.05, 4.69) is 0 Å². The zero-order chi connectivity index (χ0) is 16.2. The van der Waals surface area contributed by atoms with Gasteiger partial charge < -0.3 is 10.8 Å². The molecule has 114 valence electrons. The monoisotopic (exact) mass is 314 g/mol. The number of carboxylic acid groups (broad SMARTS) is 1. The van der Waals surface area contributed by atoms with Crippen molar-refractivity contribution >= 4 is 27.7 Å². The van der Waals surface area contributed by atoms with E-state index in [0.29, 0.717) is 12.0 Å². The van der Waals surface area contributed by atoms with Crippen LogP contribution in [0.1, 0.15) is 22.8 Å². The van der Waals surface area contributed by atoms with Crippen LogP contribution in [0, 0.1) is 0 Å². The predicted octanol–water partition coefficient (Wildman–Crippen LogP) is -0.0842. The van der Waals surface area contributed by atoms with E-state index in [1.807, 2.05) is 0 Å². The number of benzene rings is 1. The summed E-state index contributed by atoms with van der Waals surface area (Å²) in [4.78, 5) is 32.5. The number of carboxylic acids is 1. The molecule has 9 heteroatoms. The minimum Gasteiger partial charge on any atom is -0.478 e. The summed E-state index contributed by atoms with van der Waals surface area (Å²) in [7, 11) is -4.07. The molecule has 0 radical (unpaired) electrons. The number of carbonyl (C=O) groups excluding carboxylic acids is 2. The van der Waals surface area contributed by atoms with Crippen LogP contribution < -0.4 is 11.1 Å². The van der Waals surface area contributed by atoms with Crippen LogP contribution in [0.2, 0.25) is 0 Å². The summed E-state index contributed by atoms with van der Waals surface area (Å²) < 4.78 is 24.0. The second-order valence-electron chi connectivity index (χ2n) is 4.15. The molecule has 0 saturated carbocycles. The van der Waals surface area contributed by atoms with Gasteiger partial charge in [0.15, 0.2) is 9.84 Å². The van der Waals surface area contributed by atoms with Crippen molar-refractivity contribution in [1.82, 2.24) is 5.32 Å². The summed E-state index contributed by atoms with van der Waals surface area (Å²) in [5.41, 5.74) is 5.04. The molecule has 0 aliphatic heterocycles. The molecule has 0 unspecified atom stereocenters.